The SMILES string of the molecule is C=C(C)N/C(C)=N/c1c(C(/C=N\C)=C/C)ccc(CC)c1C. The highest BCUT2D eigenvalue weighted by molar-refractivity contribution is 6.12. The minimum atomic E-state index is 0.842. The highest BCUT2D eigenvalue weighted by Crippen LogP contribution is 2.32. The van der Waals surface area contributed by atoms with Gasteiger partial charge >= 0.3 is 0 Å². The molecule has 0 fully saturated rings. The summed E-state index contributed by atoms with van der Waals surface area (Å²) < 4.78 is 0. The van der Waals surface area contributed by atoms with E-state index in [4.69, 9.17) is 4.99 Å². The molecule has 0 saturated heterocycles. The molecule has 0 saturated carbocycles. The summed E-state index contributed by atoms with van der Waals surface area (Å²) in [6.45, 7) is 14.1. The Kier molecular flexibility index (Phi) is 6.77. The van der Waals surface area contributed by atoms with E-state index in [1.54, 1.807) is 7.05 Å². The first kappa shape index (κ1) is 17.9. The molecule has 22 heavy (non-hydrogen) atoms. The quantitative estimate of drug-likeness (QED) is 0.613. The van der Waals surface area contributed by atoms with Crippen LogP contribution >= 0.6 is 0 Å². The Balaban J connectivity index is 3.52. The van der Waals surface area contributed by atoms with E-state index in [2.05, 4.69) is 48.9 Å². The summed E-state index contributed by atoms with van der Waals surface area (Å²) in [6.07, 6.45) is 4.93. The Bertz CT molecular complexity index is 634. The van der Waals surface area contributed by atoms with E-state index in [1.165, 1.54) is 11.1 Å². The topological polar surface area (TPSA) is 36.8 Å². The fraction of sp³-hybridized carbons (Fsp3) is 0.368. The van der Waals surface area contributed by atoms with Gasteiger partial charge in [-0.15, -0.1) is 0 Å². The maximum Gasteiger partial charge on any atom is 0.103 e. The zero-order chi connectivity index (χ0) is 16.7. The fourth-order valence-corrected chi connectivity index (χ4v) is 2.45. The van der Waals surface area contributed by atoms with Gasteiger partial charge in [-0.25, -0.2) is 4.99 Å². The number of allylic oxidation sites excluding steroid dienone is 3. The lowest BCUT2D eigenvalue weighted by atomic mass is 9.96. The van der Waals surface area contributed by atoms with E-state index in [-0.39, 0.29) is 0 Å². The minimum absolute atomic E-state index is 0.842. The highest BCUT2D eigenvalue weighted by atomic mass is 15.0. The van der Waals surface area contributed by atoms with Crippen molar-refractivity contribution in [3.63, 3.8) is 0 Å². The molecule has 0 atom stereocenters. The Labute approximate surface area is 134 Å². The number of amidine groups is 1. The molecule has 1 aromatic carbocycles. The van der Waals surface area contributed by atoms with Crippen molar-refractivity contribution in [2.75, 3.05) is 7.05 Å². The second kappa shape index (κ2) is 8.32. The summed E-state index contributed by atoms with van der Waals surface area (Å²) in [6, 6.07) is 4.31. The normalized spacial score (nSPS) is 12.8. The summed E-state index contributed by atoms with van der Waals surface area (Å²) in [5.41, 5.74) is 6.59. The molecule has 0 bridgehead atoms. The second-order valence-electron chi connectivity index (χ2n) is 5.33. The number of benzene rings is 1. The number of aryl methyl sites for hydroxylation is 1. The molecule has 1 aromatic rings. The maximum atomic E-state index is 4.80. The number of nitrogens with one attached hydrogen (secondary N) is 1. The lowest BCUT2D eigenvalue weighted by Crippen LogP contribution is -2.17. The van der Waals surface area contributed by atoms with Crippen molar-refractivity contribution < 1.29 is 0 Å². The van der Waals surface area contributed by atoms with Crippen LogP contribution in [0, 0.1) is 6.92 Å². The number of nitrogens with zero attached hydrogens (tertiary/aromatic N) is 2. The Morgan fingerprint density at radius 2 is 2.00 bits per heavy atom. The van der Waals surface area contributed by atoms with Gasteiger partial charge in [-0.3, -0.25) is 4.99 Å². The first-order valence-electron chi connectivity index (χ1n) is 7.63. The molecule has 0 spiro atoms. The molecule has 0 heterocycles. The summed E-state index contributed by atoms with van der Waals surface area (Å²) >= 11 is 0. The summed E-state index contributed by atoms with van der Waals surface area (Å²) in [5, 5.41) is 3.17. The van der Waals surface area contributed by atoms with Crippen LogP contribution in [0.5, 0.6) is 0 Å². The lowest BCUT2D eigenvalue weighted by Gasteiger charge is -2.14. The van der Waals surface area contributed by atoms with E-state index < -0.39 is 0 Å². The van der Waals surface area contributed by atoms with Crippen molar-refractivity contribution in [3.8, 4) is 0 Å². The molecule has 3 heteroatoms. The zero-order valence-corrected chi connectivity index (χ0v) is 14.6. The molecular formula is C19H27N3. The molecular weight excluding hydrogens is 270 g/mol. The third-order valence-electron chi connectivity index (χ3n) is 3.49. The molecule has 3 nitrogen and oxygen atoms in total. The molecule has 0 aliphatic rings. The Hall–Kier alpha value is -2.16. The third-order valence-corrected chi connectivity index (χ3v) is 3.49. The van der Waals surface area contributed by atoms with Gasteiger partial charge < -0.3 is 5.32 Å². The third kappa shape index (κ3) is 4.42. The van der Waals surface area contributed by atoms with Crippen molar-refractivity contribution >= 4 is 23.3 Å². The van der Waals surface area contributed by atoms with Crippen LogP contribution in [0.4, 0.5) is 5.69 Å². The summed E-state index contributed by atoms with van der Waals surface area (Å²) in [4.78, 5) is 8.95. The molecule has 0 aromatic heterocycles. The zero-order valence-electron chi connectivity index (χ0n) is 14.6. The monoisotopic (exact) mass is 297 g/mol. The van der Waals surface area contributed by atoms with Crippen molar-refractivity contribution in [3.05, 3.63) is 47.2 Å². The summed E-state index contributed by atoms with van der Waals surface area (Å²) in [7, 11) is 1.79. The van der Waals surface area contributed by atoms with Gasteiger partial charge in [0.15, 0.2) is 0 Å². The number of hydrogen-bond acceptors (Lipinski definition) is 2. The van der Waals surface area contributed by atoms with Crippen molar-refractivity contribution in [2.45, 2.75) is 41.0 Å². The van der Waals surface area contributed by atoms with Crippen LogP contribution < -0.4 is 5.32 Å². The highest BCUT2D eigenvalue weighted by Gasteiger charge is 2.11. The molecule has 0 aliphatic heterocycles. The lowest BCUT2D eigenvalue weighted by molar-refractivity contribution is 1.09. The first-order chi connectivity index (χ1) is 10.4. The number of rotatable bonds is 5. The van der Waals surface area contributed by atoms with Gasteiger partial charge in [0.1, 0.15) is 5.84 Å². The van der Waals surface area contributed by atoms with Crippen LogP contribution in [0.25, 0.3) is 5.57 Å². The van der Waals surface area contributed by atoms with Gasteiger partial charge in [0.05, 0.1) is 5.69 Å². The standard InChI is InChI=1S/C19H27N3/c1-8-16-10-11-18(17(9-2)12-20-7)19(14(16)5)22-15(6)21-13(3)4/h9-12H,3,8H2,1-2,4-7H3,(H,21,22)/b17-9+,20-12-. The average Bonchev–Trinajstić information content (AvgIpc) is 2.46. The van der Waals surface area contributed by atoms with Gasteiger partial charge in [0.2, 0.25) is 0 Å². The largest absolute Gasteiger partial charge is 0.348 e. The van der Waals surface area contributed by atoms with Crippen LogP contribution in [-0.4, -0.2) is 19.1 Å². The van der Waals surface area contributed by atoms with Gasteiger partial charge in [0.25, 0.3) is 0 Å². The maximum absolute atomic E-state index is 4.80. The van der Waals surface area contributed by atoms with E-state index in [9.17, 15) is 0 Å². The van der Waals surface area contributed by atoms with E-state index in [0.29, 0.717) is 0 Å². The van der Waals surface area contributed by atoms with E-state index in [1.807, 2.05) is 27.0 Å². The van der Waals surface area contributed by atoms with Gasteiger partial charge in [-0.2, -0.15) is 0 Å². The first-order valence-corrected chi connectivity index (χ1v) is 7.63. The predicted molar refractivity (Wildman–Crippen MR) is 99.3 cm³/mol. The van der Waals surface area contributed by atoms with Crippen LogP contribution in [0.2, 0.25) is 0 Å². The van der Waals surface area contributed by atoms with Crippen LogP contribution in [-0.2, 0) is 6.42 Å². The van der Waals surface area contributed by atoms with Crippen molar-refractivity contribution in [2.24, 2.45) is 9.98 Å². The smallest absolute Gasteiger partial charge is 0.103 e. The second-order valence-corrected chi connectivity index (χ2v) is 5.33. The average molecular weight is 297 g/mol. The molecule has 0 amide bonds. The van der Waals surface area contributed by atoms with Crippen molar-refractivity contribution in [1.82, 2.24) is 5.32 Å². The molecule has 0 aliphatic carbocycles. The molecule has 1 N–H and O–H groups in total. The molecule has 0 radical (unpaired) electrons. The van der Waals surface area contributed by atoms with Crippen LogP contribution in [0.3, 0.4) is 0 Å². The molecule has 1 rings (SSSR count). The van der Waals surface area contributed by atoms with Crippen LogP contribution in [0.1, 0.15) is 44.4 Å². The minimum Gasteiger partial charge on any atom is -0.348 e. The van der Waals surface area contributed by atoms with E-state index >= 15 is 0 Å². The van der Waals surface area contributed by atoms with Crippen LogP contribution in [0.15, 0.2) is 40.5 Å². The molecule has 0 unspecified atom stereocenters. The van der Waals surface area contributed by atoms with Gasteiger partial charge in [-0.1, -0.05) is 31.7 Å². The van der Waals surface area contributed by atoms with E-state index in [0.717, 1.165) is 34.8 Å². The Morgan fingerprint density at radius 1 is 1.32 bits per heavy atom. The predicted octanol–water partition coefficient (Wildman–Crippen LogP) is 4.83. The number of aliphatic imine (C=N–C) groups is 2. The Morgan fingerprint density at radius 3 is 2.50 bits per heavy atom. The van der Waals surface area contributed by atoms with Gasteiger partial charge in [-0.05, 0) is 50.8 Å². The summed E-state index contributed by atoms with van der Waals surface area (Å²) in [5.74, 6) is 0.842. The van der Waals surface area contributed by atoms with Gasteiger partial charge in [0, 0.05) is 24.5 Å². The fourth-order valence-electron chi connectivity index (χ4n) is 2.45. The van der Waals surface area contributed by atoms with Crippen molar-refractivity contribution in [1.29, 1.82) is 0 Å². The number of hydrogen-bond donors (Lipinski definition) is 1. The molecule has 118 valence electrons.